The second kappa shape index (κ2) is 11.5. The lowest BCUT2D eigenvalue weighted by molar-refractivity contribution is -0.0694. The minimum absolute atomic E-state index is 0.200. The standard InChI is InChI=1S/C30H37ClN2O5S/c1-30-14-13-24(30)19-33-15-5-4-7-21-17-25(31)11-9-23(21)20-38-27-12-10-22(18-26(27)33)29(35)32-39(36,37)16-6-2-3-8-28(30)34/h2-3,9-12,17-18,24,28,34H,4-8,13-16,19-20H2,1H3,(H,32,35)/b3-2-/t24-,28+,30-/m0/s1. The molecule has 0 unspecified atom stereocenters. The van der Waals surface area contributed by atoms with E-state index >= 15 is 0 Å². The van der Waals surface area contributed by atoms with Crippen molar-refractivity contribution in [1.29, 1.82) is 0 Å². The van der Waals surface area contributed by atoms with Crippen LogP contribution in [0.25, 0.3) is 0 Å². The first kappa shape index (κ1) is 28.0. The second-order valence-electron chi connectivity index (χ2n) is 11.3. The van der Waals surface area contributed by atoms with Crippen molar-refractivity contribution in [1.82, 2.24) is 4.72 Å². The fourth-order valence-electron chi connectivity index (χ4n) is 5.97. The molecule has 2 N–H and O–H groups in total. The predicted molar refractivity (Wildman–Crippen MR) is 154 cm³/mol. The van der Waals surface area contributed by atoms with Gasteiger partial charge in [-0.25, -0.2) is 13.1 Å². The molecule has 39 heavy (non-hydrogen) atoms. The van der Waals surface area contributed by atoms with Crippen LogP contribution in [0.3, 0.4) is 0 Å². The van der Waals surface area contributed by atoms with E-state index < -0.39 is 22.0 Å². The third kappa shape index (κ3) is 6.28. The molecule has 2 bridgehead atoms. The summed E-state index contributed by atoms with van der Waals surface area (Å²) in [5, 5.41) is 11.8. The van der Waals surface area contributed by atoms with E-state index in [1.165, 1.54) is 5.56 Å². The molecule has 3 aliphatic rings. The lowest BCUT2D eigenvalue weighted by Gasteiger charge is -2.52. The molecule has 3 atom stereocenters. The summed E-state index contributed by atoms with van der Waals surface area (Å²) in [6.45, 7) is 3.98. The zero-order chi connectivity index (χ0) is 27.6. The molecule has 0 saturated heterocycles. The Hall–Kier alpha value is -2.55. The van der Waals surface area contributed by atoms with Gasteiger partial charge in [0.25, 0.3) is 5.91 Å². The van der Waals surface area contributed by atoms with Gasteiger partial charge in [-0.3, -0.25) is 4.79 Å². The van der Waals surface area contributed by atoms with Crippen LogP contribution in [-0.4, -0.2) is 44.4 Å². The number of nitrogens with one attached hydrogen (secondary N) is 1. The van der Waals surface area contributed by atoms with Crippen molar-refractivity contribution >= 4 is 33.2 Å². The maximum absolute atomic E-state index is 13.0. The number of halogens is 1. The molecule has 0 spiro atoms. The van der Waals surface area contributed by atoms with E-state index in [0.717, 1.165) is 56.4 Å². The highest BCUT2D eigenvalue weighted by Crippen LogP contribution is 2.51. The number of aryl methyl sites for hydroxylation is 1. The third-order valence-corrected chi connectivity index (χ3v) is 10.2. The minimum Gasteiger partial charge on any atom is -0.487 e. The molecule has 2 aliphatic heterocycles. The number of allylic oxidation sites excluding steroid dienone is 1. The Bertz CT molecular complexity index is 1360. The maximum atomic E-state index is 13.0. The van der Waals surface area contributed by atoms with Crippen molar-refractivity contribution in [3.05, 3.63) is 70.3 Å². The van der Waals surface area contributed by atoms with Crippen LogP contribution in [0.2, 0.25) is 5.02 Å². The SMILES string of the molecule is C[C@]12CC[C@H]1CN1CCCCc3cc(Cl)ccc3COc3ccc(cc31)C(=O)NS(=O)(=O)CC/C=C\C[C@H]2O. The number of carbonyl (C=O) groups is 1. The second-order valence-corrected chi connectivity index (χ2v) is 13.6. The molecule has 1 fully saturated rings. The van der Waals surface area contributed by atoms with Gasteiger partial charge < -0.3 is 14.7 Å². The first-order valence-electron chi connectivity index (χ1n) is 13.8. The summed E-state index contributed by atoms with van der Waals surface area (Å²) in [7, 11) is -3.81. The molecule has 7 nitrogen and oxygen atoms in total. The average Bonchev–Trinajstić information content (AvgIpc) is 2.92. The Morgan fingerprint density at radius 3 is 2.77 bits per heavy atom. The summed E-state index contributed by atoms with van der Waals surface area (Å²) in [4.78, 5) is 15.3. The first-order valence-corrected chi connectivity index (χ1v) is 15.8. The number of carbonyl (C=O) groups excluding carboxylic acids is 1. The van der Waals surface area contributed by atoms with Gasteiger partial charge in [-0.2, -0.15) is 0 Å². The number of aliphatic hydroxyl groups excluding tert-OH is 1. The summed E-state index contributed by atoms with van der Waals surface area (Å²) in [5.74, 6) is 0.0740. The van der Waals surface area contributed by atoms with Gasteiger partial charge in [0.05, 0.1) is 17.5 Å². The zero-order valence-corrected chi connectivity index (χ0v) is 23.9. The molecule has 0 aromatic heterocycles. The molecular weight excluding hydrogens is 536 g/mol. The maximum Gasteiger partial charge on any atom is 0.264 e. The molecule has 1 amide bonds. The summed E-state index contributed by atoms with van der Waals surface area (Å²) >= 11 is 6.29. The highest BCUT2D eigenvalue weighted by atomic mass is 35.5. The normalized spacial score (nSPS) is 28.4. The number of hydrogen-bond acceptors (Lipinski definition) is 6. The Kier molecular flexibility index (Phi) is 8.26. The number of amides is 1. The zero-order valence-electron chi connectivity index (χ0n) is 22.4. The van der Waals surface area contributed by atoms with Crippen LogP contribution in [0, 0.1) is 11.3 Å². The molecular formula is C30H37ClN2O5S. The average molecular weight is 573 g/mol. The summed E-state index contributed by atoms with van der Waals surface area (Å²) in [5.41, 5.74) is 3.05. The minimum atomic E-state index is -3.81. The van der Waals surface area contributed by atoms with Gasteiger partial charge in [0.15, 0.2) is 0 Å². The molecule has 2 heterocycles. The van der Waals surface area contributed by atoms with Gasteiger partial charge >= 0.3 is 0 Å². The fraction of sp³-hybridized carbons (Fsp3) is 0.500. The van der Waals surface area contributed by atoms with Gasteiger partial charge in [0.1, 0.15) is 12.4 Å². The van der Waals surface area contributed by atoms with Crippen LogP contribution in [0.1, 0.15) is 66.9 Å². The molecule has 9 heteroatoms. The number of fused-ring (bicyclic) bond motifs is 3. The van der Waals surface area contributed by atoms with Gasteiger partial charge in [0, 0.05) is 23.7 Å². The number of aliphatic hydroxyl groups is 1. The van der Waals surface area contributed by atoms with Gasteiger partial charge in [0.2, 0.25) is 10.0 Å². The summed E-state index contributed by atoms with van der Waals surface area (Å²) < 4.78 is 33.8. The van der Waals surface area contributed by atoms with Crippen molar-refractivity contribution in [2.45, 2.75) is 64.6 Å². The Morgan fingerprint density at radius 2 is 1.97 bits per heavy atom. The van der Waals surface area contributed by atoms with Crippen molar-refractivity contribution < 1.29 is 23.1 Å². The number of rotatable bonds is 0. The number of sulfonamides is 1. The Balaban J connectivity index is 1.54. The third-order valence-electron chi connectivity index (χ3n) is 8.73. The van der Waals surface area contributed by atoms with Crippen LogP contribution in [-0.2, 0) is 23.1 Å². The van der Waals surface area contributed by atoms with E-state index in [1.54, 1.807) is 24.3 Å². The molecule has 1 aliphatic carbocycles. The smallest absolute Gasteiger partial charge is 0.264 e. The van der Waals surface area contributed by atoms with E-state index in [4.69, 9.17) is 16.3 Å². The quantitative estimate of drug-likeness (QED) is 0.419. The first-order chi connectivity index (χ1) is 18.6. The molecule has 2 aromatic rings. The van der Waals surface area contributed by atoms with Gasteiger partial charge in [-0.05, 0) is 97.7 Å². The lowest BCUT2D eigenvalue weighted by Crippen LogP contribution is -2.51. The van der Waals surface area contributed by atoms with E-state index in [1.807, 2.05) is 24.3 Å². The van der Waals surface area contributed by atoms with Crippen molar-refractivity contribution in [2.24, 2.45) is 11.3 Å². The number of benzene rings is 2. The topological polar surface area (TPSA) is 95.9 Å². The van der Waals surface area contributed by atoms with Crippen LogP contribution >= 0.6 is 11.6 Å². The molecule has 1 saturated carbocycles. The molecule has 2 aromatic carbocycles. The van der Waals surface area contributed by atoms with Gasteiger partial charge in [-0.1, -0.05) is 36.7 Å². The summed E-state index contributed by atoms with van der Waals surface area (Å²) in [6.07, 6.45) is 8.61. The largest absolute Gasteiger partial charge is 0.487 e. The number of hydrogen-bond donors (Lipinski definition) is 2. The van der Waals surface area contributed by atoms with Crippen molar-refractivity contribution in [2.75, 3.05) is 23.7 Å². The van der Waals surface area contributed by atoms with Crippen LogP contribution < -0.4 is 14.4 Å². The Labute approximate surface area is 236 Å². The predicted octanol–water partition coefficient (Wildman–Crippen LogP) is 5.25. The molecule has 5 rings (SSSR count). The highest BCUT2D eigenvalue weighted by molar-refractivity contribution is 7.90. The van der Waals surface area contributed by atoms with E-state index in [2.05, 4.69) is 16.5 Å². The monoisotopic (exact) mass is 572 g/mol. The van der Waals surface area contributed by atoms with Crippen LogP contribution in [0.5, 0.6) is 5.75 Å². The fourth-order valence-corrected chi connectivity index (χ4v) is 7.12. The molecule has 0 radical (unpaired) electrons. The van der Waals surface area contributed by atoms with Crippen LogP contribution in [0.15, 0.2) is 48.6 Å². The summed E-state index contributed by atoms with van der Waals surface area (Å²) in [6, 6.07) is 11.0. The number of anilines is 1. The Morgan fingerprint density at radius 1 is 1.13 bits per heavy atom. The van der Waals surface area contributed by atoms with E-state index in [0.29, 0.717) is 23.8 Å². The van der Waals surface area contributed by atoms with Crippen molar-refractivity contribution in [3.63, 3.8) is 0 Å². The molecule has 210 valence electrons. The number of ether oxygens (including phenoxy) is 1. The van der Waals surface area contributed by atoms with Crippen molar-refractivity contribution in [3.8, 4) is 5.75 Å². The van der Waals surface area contributed by atoms with E-state index in [9.17, 15) is 18.3 Å². The lowest BCUT2D eigenvalue weighted by atomic mass is 9.57. The van der Waals surface area contributed by atoms with E-state index in [-0.39, 0.29) is 29.1 Å². The van der Waals surface area contributed by atoms with Crippen LogP contribution in [0.4, 0.5) is 5.69 Å². The van der Waals surface area contributed by atoms with Gasteiger partial charge in [-0.15, -0.1) is 0 Å². The highest BCUT2D eigenvalue weighted by Gasteiger charge is 2.48. The number of nitrogens with zero attached hydrogens (tertiary/aromatic N) is 1.